The summed E-state index contributed by atoms with van der Waals surface area (Å²) in [6.07, 6.45) is 0.640. The van der Waals surface area contributed by atoms with Gasteiger partial charge in [-0.15, -0.1) is 0 Å². The number of thioether (sulfide) groups is 1. The van der Waals surface area contributed by atoms with E-state index < -0.39 is 5.97 Å². The summed E-state index contributed by atoms with van der Waals surface area (Å²) in [6, 6.07) is 8.01. The van der Waals surface area contributed by atoms with Crippen molar-refractivity contribution < 1.29 is 9.90 Å². The molecule has 0 saturated carbocycles. The third-order valence-corrected chi connectivity index (χ3v) is 4.42. The molecule has 0 spiro atoms. The van der Waals surface area contributed by atoms with Crippen molar-refractivity contribution in [1.29, 1.82) is 0 Å². The first-order valence-corrected chi connectivity index (χ1v) is 6.98. The van der Waals surface area contributed by atoms with Crippen LogP contribution in [0.4, 0.5) is 0 Å². The number of hydrogen-bond donors (Lipinski definition) is 2. The predicted octanol–water partition coefficient (Wildman–Crippen LogP) is 2.38. The van der Waals surface area contributed by atoms with Crippen molar-refractivity contribution in [1.82, 2.24) is 0 Å². The molecule has 0 bridgehead atoms. The molecule has 3 N–H and O–H groups in total. The summed E-state index contributed by atoms with van der Waals surface area (Å²) in [6.45, 7) is 0. The Kier molecular flexibility index (Phi) is 4.07. The lowest BCUT2D eigenvalue weighted by molar-refractivity contribution is -0.137. The van der Waals surface area contributed by atoms with Crippen LogP contribution in [-0.4, -0.2) is 22.6 Å². The van der Waals surface area contributed by atoms with E-state index in [1.54, 1.807) is 0 Å². The van der Waals surface area contributed by atoms with Crippen LogP contribution in [0, 0.1) is 0 Å². The fraction of sp³-hybridized carbons (Fsp3) is 0.462. The molecule has 4 heteroatoms. The molecule has 1 atom stereocenters. The van der Waals surface area contributed by atoms with Crippen LogP contribution in [0.1, 0.15) is 35.9 Å². The van der Waals surface area contributed by atoms with E-state index in [9.17, 15) is 4.79 Å². The van der Waals surface area contributed by atoms with Gasteiger partial charge in [0.2, 0.25) is 0 Å². The Morgan fingerprint density at radius 1 is 1.47 bits per heavy atom. The number of carboxylic acid groups (broad SMARTS) is 1. The SMILES string of the molecule is NC(CCC(=O)O)c1ccccc1C1CSC1. The van der Waals surface area contributed by atoms with Gasteiger partial charge in [0.05, 0.1) is 0 Å². The second-order valence-corrected chi connectivity index (χ2v) is 5.48. The van der Waals surface area contributed by atoms with Gasteiger partial charge in [-0.3, -0.25) is 4.79 Å². The van der Waals surface area contributed by atoms with Crippen molar-refractivity contribution in [3.8, 4) is 0 Å². The van der Waals surface area contributed by atoms with Gasteiger partial charge < -0.3 is 10.8 Å². The lowest BCUT2D eigenvalue weighted by Gasteiger charge is -2.29. The molecule has 0 aromatic heterocycles. The first-order valence-electron chi connectivity index (χ1n) is 5.82. The van der Waals surface area contributed by atoms with E-state index in [0.29, 0.717) is 12.3 Å². The minimum atomic E-state index is -0.780. The van der Waals surface area contributed by atoms with Gasteiger partial charge in [0, 0.05) is 29.9 Å². The maximum atomic E-state index is 10.6. The maximum absolute atomic E-state index is 10.6. The fourth-order valence-electron chi connectivity index (χ4n) is 2.07. The van der Waals surface area contributed by atoms with Crippen molar-refractivity contribution in [2.45, 2.75) is 24.8 Å². The van der Waals surface area contributed by atoms with E-state index in [-0.39, 0.29) is 12.5 Å². The maximum Gasteiger partial charge on any atom is 0.303 e. The monoisotopic (exact) mass is 251 g/mol. The Hall–Kier alpha value is -1.00. The molecule has 3 nitrogen and oxygen atoms in total. The Balaban J connectivity index is 2.10. The molecular weight excluding hydrogens is 234 g/mol. The Bertz CT molecular complexity index is 404. The second kappa shape index (κ2) is 5.56. The summed E-state index contributed by atoms with van der Waals surface area (Å²) in [5.41, 5.74) is 8.52. The Morgan fingerprint density at radius 2 is 2.18 bits per heavy atom. The van der Waals surface area contributed by atoms with Crippen LogP contribution in [0.3, 0.4) is 0 Å². The number of benzene rings is 1. The summed E-state index contributed by atoms with van der Waals surface area (Å²) < 4.78 is 0. The Labute approximate surface area is 105 Å². The lowest BCUT2D eigenvalue weighted by Crippen LogP contribution is -2.21. The van der Waals surface area contributed by atoms with Gasteiger partial charge >= 0.3 is 5.97 Å². The van der Waals surface area contributed by atoms with Crippen LogP contribution in [0.25, 0.3) is 0 Å². The van der Waals surface area contributed by atoms with Crippen molar-refractivity contribution in [2.75, 3.05) is 11.5 Å². The molecular formula is C13H17NO2S. The number of rotatable bonds is 5. The summed E-state index contributed by atoms with van der Waals surface area (Å²) >= 11 is 1.94. The van der Waals surface area contributed by atoms with Gasteiger partial charge in [-0.2, -0.15) is 11.8 Å². The molecule has 1 unspecified atom stereocenters. The third kappa shape index (κ3) is 3.01. The van der Waals surface area contributed by atoms with Crippen molar-refractivity contribution in [3.63, 3.8) is 0 Å². The van der Waals surface area contributed by atoms with Crippen LogP contribution in [-0.2, 0) is 4.79 Å². The largest absolute Gasteiger partial charge is 0.481 e. The number of carboxylic acids is 1. The molecule has 17 heavy (non-hydrogen) atoms. The summed E-state index contributed by atoms with van der Waals surface area (Å²) in [4.78, 5) is 10.6. The van der Waals surface area contributed by atoms with E-state index >= 15 is 0 Å². The fourth-order valence-corrected chi connectivity index (χ4v) is 2.90. The molecule has 1 aliphatic rings. The minimum Gasteiger partial charge on any atom is -0.481 e. The molecule has 1 aliphatic heterocycles. The van der Waals surface area contributed by atoms with Crippen LogP contribution in [0.2, 0.25) is 0 Å². The highest BCUT2D eigenvalue weighted by Gasteiger charge is 2.24. The van der Waals surface area contributed by atoms with E-state index in [4.69, 9.17) is 10.8 Å². The molecule has 0 radical (unpaired) electrons. The zero-order chi connectivity index (χ0) is 12.3. The normalized spacial score (nSPS) is 17.5. The lowest BCUT2D eigenvalue weighted by atomic mass is 9.91. The molecule has 0 aliphatic carbocycles. The molecule has 1 saturated heterocycles. The first kappa shape index (κ1) is 12.5. The van der Waals surface area contributed by atoms with Gasteiger partial charge in [-0.1, -0.05) is 24.3 Å². The average Bonchev–Trinajstić information content (AvgIpc) is 2.24. The van der Waals surface area contributed by atoms with Gasteiger partial charge in [-0.25, -0.2) is 0 Å². The van der Waals surface area contributed by atoms with Crippen molar-refractivity contribution >= 4 is 17.7 Å². The standard InChI is InChI=1S/C13H17NO2S/c14-12(5-6-13(15)16)11-4-2-1-3-10(11)9-7-17-8-9/h1-4,9,12H,5-8,14H2,(H,15,16). The van der Waals surface area contributed by atoms with Gasteiger partial charge in [-0.05, 0) is 17.5 Å². The van der Waals surface area contributed by atoms with Crippen molar-refractivity contribution in [2.24, 2.45) is 5.73 Å². The number of nitrogens with two attached hydrogens (primary N) is 1. The van der Waals surface area contributed by atoms with Crippen molar-refractivity contribution in [3.05, 3.63) is 35.4 Å². The van der Waals surface area contributed by atoms with Crippen LogP contribution in [0.5, 0.6) is 0 Å². The summed E-state index contributed by atoms with van der Waals surface area (Å²) in [7, 11) is 0. The predicted molar refractivity (Wildman–Crippen MR) is 70.3 cm³/mol. The van der Waals surface area contributed by atoms with Gasteiger partial charge in [0.25, 0.3) is 0 Å². The number of hydrogen-bond acceptors (Lipinski definition) is 3. The van der Waals surface area contributed by atoms with Crippen LogP contribution < -0.4 is 5.73 Å². The summed E-state index contributed by atoms with van der Waals surface area (Å²) in [5.74, 6) is 2.13. The third-order valence-electron chi connectivity index (χ3n) is 3.14. The molecule has 1 fully saturated rings. The highest BCUT2D eigenvalue weighted by Crippen LogP contribution is 2.37. The molecule has 0 amide bonds. The highest BCUT2D eigenvalue weighted by molar-refractivity contribution is 8.00. The first-order chi connectivity index (χ1) is 8.18. The zero-order valence-corrected chi connectivity index (χ0v) is 10.5. The molecule has 1 heterocycles. The van der Waals surface area contributed by atoms with Gasteiger partial charge in [0.15, 0.2) is 0 Å². The molecule has 92 valence electrons. The molecule has 1 aromatic carbocycles. The van der Waals surface area contributed by atoms with Crippen LogP contribution in [0.15, 0.2) is 24.3 Å². The minimum absolute atomic E-state index is 0.134. The van der Waals surface area contributed by atoms with E-state index in [1.165, 1.54) is 5.56 Å². The second-order valence-electron chi connectivity index (χ2n) is 4.40. The molecule has 1 aromatic rings. The van der Waals surface area contributed by atoms with E-state index in [1.807, 2.05) is 30.0 Å². The van der Waals surface area contributed by atoms with Gasteiger partial charge in [0.1, 0.15) is 0 Å². The summed E-state index contributed by atoms with van der Waals surface area (Å²) in [5, 5.41) is 8.69. The number of aliphatic carboxylic acids is 1. The quantitative estimate of drug-likeness (QED) is 0.843. The zero-order valence-electron chi connectivity index (χ0n) is 9.63. The van der Waals surface area contributed by atoms with Crippen LogP contribution >= 0.6 is 11.8 Å². The number of carbonyl (C=O) groups is 1. The highest BCUT2D eigenvalue weighted by atomic mass is 32.2. The smallest absolute Gasteiger partial charge is 0.303 e. The Morgan fingerprint density at radius 3 is 2.76 bits per heavy atom. The van der Waals surface area contributed by atoms with E-state index in [2.05, 4.69) is 6.07 Å². The topological polar surface area (TPSA) is 63.3 Å². The average molecular weight is 251 g/mol. The van der Waals surface area contributed by atoms with E-state index in [0.717, 1.165) is 17.1 Å². The molecule has 2 rings (SSSR count).